The topological polar surface area (TPSA) is 14.2 Å². The Labute approximate surface area is 138 Å². The molecule has 0 atom stereocenters. The SMILES string of the molecule is CC1=c2ccn(-c3ccc(OC(F)F)c(F)c3)/c2=C(/C)CCC=C1. The predicted molar refractivity (Wildman–Crippen MR) is 88.1 cm³/mol. The van der Waals surface area contributed by atoms with E-state index in [1.165, 1.54) is 17.7 Å². The van der Waals surface area contributed by atoms with Crippen LogP contribution in [0.4, 0.5) is 13.2 Å². The molecule has 0 N–H and O–H groups in total. The fourth-order valence-electron chi connectivity index (χ4n) is 3.00. The number of nitrogens with zero attached hydrogens (tertiary/aromatic N) is 1. The van der Waals surface area contributed by atoms with Crippen molar-refractivity contribution in [2.24, 2.45) is 0 Å². The molecule has 1 aliphatic carbocycles. The lowest BCUT2D eigenvalue weighted by Crippen LogP contribution is -2.32. The van der Waals surface area contributed by atoms with Crippen LogP contribution in [0, 0.1) is 5.82 Å². The smallest absolute Gasteiger partial charge is 0.387 e. The largest absolute Gasteiger partial charge is 0.432 e. The van der Waals surface area contributed by atoms with Crippen LogP contribution < -0.4 is 15.3 Å². The molecule has 0 saturated carbocycles. The van der Waals surface area contributed by atoms with Crippen molar-refractivity contribution in [1.82, 2.24) is 4.57 Å². The van der Waals surface area contributed by atoms with E-state index in [4.69, 9.17) is 0 Å². The summed E-state index contributed by atoms with van der Waals surface area (Å²) in [6, 6.07) is 6.02. The molecule has 3 rings (SSSR count). The summed E-state index contributed by atoms with van der Waals surface area (Å²) in [6.45, 7) is 1.06. The second kappa shape index (κ2) is 6.59. The molecule has 0 fully saturated rings. The highest BCUT2D eigenvalue weighted by atomic mass is 19.3. The minimum atomic E-state index is -3.04. The van der Waals surface area contributed by atoms with Crippen LogP contribution in [0.2, 0.25) is 0 Å². The number of halogens is 3. The zero-order valence-electron chi connectivity index (χ0n) is 13.5. The molecule has 0 aliphatic heterocycles. The molecule has 0 spiro atoms. The maximum atomic E-state index is 14.1. The number of hydrogen-bond acceptors (Lipinski definition) is 1. The summed E-state index contributed by atoms with van der Waals surface area (Å²) in [6.07, 6.45) is 7.98. The van der Waals surface area contributed by atoms with Crippen LogP contribution in [0.25, 0.3) is 16.8 Å². The maximum absolute atomic E-state index is 14.1. The van der Waals surface area contributed by atoms with Gasteiger partial charge in [0.1, 0.15) is 0 Å². The normalized spacial score (nSPS) is 16.8. The first-order valence-electron chi connectivity index (χ1n) is 7.76. The van der Waals surface area contributed by atoms with Gasteiger partial charge in [0.25, 0.3) is 0 Å². The number of alkyl halides is 2. The number of fused-ring (bicyclic) bond motifs is 1. The fourth-order valence-corrected chi connectivity index (χ4v) is 3.00. The van der Waals surface area contributed by atoms with E-state index in [0.29, 0.717) is 5.69 Å². The average molecular weight is 333 g/mol. The molecule has 0 saturated heterocycles. The highest BCUT2D eigenvalue weighted by Gasteiger charge is 2.12. The molecule has 1 aliphatic rings. The van der Waals surface area contributed by atoms with Gasteiger partial charge in [-0.3, -0.25) is 0 Å². The van der Waals surface area contributed by atoms with Gasteiger partial charge in [0.05, 0.1) is 5.35 Å². The first kappa shape index (κ1) is 16.4. The molecular weight excluding hydrogens is 315 g/mol. The number of ether oxygens (including phenoxy) is 1. The van der Waals surface area contributed by atoms with Crippen LogP contribution in [0.15, 0.2) is 42.6 Å². The Morgan fingerprint density at radius 3 is 2.67 bits per heavy atom. The summed E-state index contributed by atoms with van der Waals surface area (Å²) < 4.78 is 44.7. The zero-order chi connectivity index (χ0) is 17.3. The molecule has 5 heteroatoms. The Balaban J connectivity index is 2.18. The molecule has 126 valence electrons. The Bertz CT molecular complexity index is 909. The van der Waals surface area contributed by atoms with E-state index in [-0.39, 0.29) is 0 Å². The summed E-state index contributed by atoms with van der Waals surface area (Å²) >= 11 is 0. The Morgan fingerprint density at radius 1 is 1.17 bits per heavy atom. The number of hydrogen-bond donors (Lipinski definition) is 0. The van der Waals surface area contributed by atoms with Crippen molar-refractivity contribution in [3.63, 3.8) is 0 Å². The molecule has 2 aromatic rings. The van der Waals surface area contributed by atoms with Crippen molar-refractivity contribution in [2.75, 3.05) is 0 Å². The molecule has 1 aromatic carbocycles. The molecule has 1 aromatic heterocycles. The summed E-state index contributed by atoms with van der Waals surface area (Å²) in [5.74, 6) is -1.26. The van der Waals surface area contributed by atoms with Gasteiger partial charge in [-0.2, -0.15) is 8.78 Å². The number of benzene rings is 1. The van der Waals surface area contributed by atoms with Gasteiger partial charge < -0.3 is 9.30 Å². The molecule has 0 radical (unpaired) electrons. The van der Waals surface area contributed by atoms with Crippen LogP contribution in [0.3, 0.4) is 0 Å². The van der Waals surface area contributed by atoms with E-state index >= 15 is 0 Å². The number of allylic oxidation sites excluding steroid dienone is 2. The van der Waals surface area contributed by atoms with Crippen molar-refractivity contribution < 1.29 is 17.9 Å². The molecule has 0 unspecified atom stereocenters. The molecule has 2 nitrogen and oxygen atoms in total. The van der Waals surface area contributed by atoms with Gasteiger partial charge in [0, 0.05) is 23.2 Å². The highest BCUT2D eigenvalue weighted by molar-refractivity contribution is 5.58. The van der Waals surface area contributed by atoms with Crippen molar-refractivity contribution in [3.05, 3.63) is 59.0 Å². The lowest BCUT2D eigenvalue weighted by molar-refractivity contribution is -0.0521. The van der Waals surface area contributed by atoms with Crippen LogP contribution in [-0.4, -0.2) is 11.2 Å². The van der Waals surface area contributed by atoms with E-state index in [2.05, 4.69) is 23.8 Å². The lowest BCUT2D eigenvalue weighted by Gasteiger charge is -2.11. The molecule has 1 heterocycles. The van der Waals surface area contributed by atoms with Crippen molar-refractivity contribution in [2.45, 2.75) is 33.3 Å². The van der Waals surface area contributed by atoms with Crippen LogP contribution in [0.5, 0.6) is 5.75 Å². The third kappa shape index (κ3) is 3.11. The third-order valence-corrected chi connectivity index (χ3v) is 4.18. The summed E-state index contributed by atoms with van der Waals surface area (Å²) in [7, 11) is 0. The van der Waals surface area contributed by atoms with Gasteiger partial charge >= 0.3 is 6.61 Å². The average Bonchev–Trinajstić information content (AvgIpc) is 2.96. The van der Waals surface area contributed by atoms with Gasteiger partial charge in [-0.1, -0.05) is 12.2 Å². The Morgan fingerprint density at radius 2 is 1.96 bits per heavy atom. The van der Waals surface area contributed by atoms with Gasteiger partial charge in [0.2, 0.25) is 0 Å². The molecular formula is C19H18F3NO. The fraction of sp³-hybridized carbons (Fsp3) is 0.263. The Kier molecular flexibility index (Phi) is 4.51. The monoisotopic (exact) mass is 333 g/mol. The van der Waals surface area contributed by atoms with Gasteiger partial charge in [-0.25, -0.2) is 4.39 Å². The van der Waals surface area contributed by atoms with E-state index in [9.17, 15) is 13.2 Å². The van der Waals surface area contributed by atoms with E-state index < -0.39 is 18.2 Å². The molecule has 24 heavy (non-hydrogen) atoms. The van der Waals surface area contributed by atoms with Gasteiger partial charge in [-0.05, 0) is 56.0 Å². The maximum Gasteiger partial charge on any atom is 0.387 e. The minimum absolute atomic E-state index is 0.449. The standard InChI is InChI=1S/C19H18F3NO/c1-12-5-3-4-6-13(2)18-15(12)9-10-23(18)14-7-8-17(16(20)11-14)24-19(21)22/h3,5,7-11,19H,4,6H2,1-2H3/b5-3?,15-12?,18-13-. The van der Waals surface area contributed by atoms with E-state index in [1.54, 1.807) is 6.07 Å². The second-order valence-electron chi connectivity index (χ2n) is 5.85. The summed E-state index contributed by atoms with van der Waals surface area (Å²) in [5, 5.41) is 2.12. The summed E-state index contributed by atoms with van der Waals surface area (Å²) in [4.78, 5) is 0. The van der Waals surface area contributed by atoms with Crippen molar-refractivity contribution in [3.8, 4) is 11.4 Å². The second-order valence-corrected chi connectivity index (χ2v) is 5.85. The van der Waals surface area contributed by atoms with Crippen LogP contribution in [0.1, 0.15) is 26.7 Å². The van der Waals surface area contributed by atoms with Crippen LogP contribution >= 0.6 is 0 Å². The number of aromatic nitrogens is 1. The number of rotatable bonds is 3. The van der Waals surface area contributed by atoms with Gasteiger partial charge in [0.15, 0.2) is 11.6 Å². The van der Waals surface area contributed by atoms with Gasteiger partial charge in [-0.15, -0.1) is 0 Å². The Hall–Kier alpha value is -2.43. The summed E-state index contributed by atoms with van der Waals surface area (Å²) in [5.41, 5.74) is 2.92. The first-order chi connectivity index (χ1) is 11.5. The van der Waals surface area contributed by atoms with Crippen molar-refractivity contribution >= 4 is 11.1 Å². The molecule has 0 amide bonds. The third-order valence-electron chi connectivity index (χ3n) is 4.18. The minimum Gasteiger partial charge on any atom is -0.432 e. The molecule has 0 bridgehead atoms. The van der Waals surface area contributed by atoms with Crippen molar-refractivity contribution in [1.29, 1.82) is 0 Å². The van der Waals surface area contributed by atoms with Crippen LogP contribution in [-0.2, 0) is 0 Å². The predicted octanol–water partition coefficient (Wildman–Crippen LogP) is 3.91. The lowest BCUT2D eigenvalue weighted by atomic mass is 10.1. The van der Waals surface area contributed by atoms with E-state index in [0.717, 1.165) is 29.0 Å². The highest BCUT2D eigenvalue weighted by Crippen LogP contribution is 2.22. The quantitative estimate of drug-likeness (QED) is 0.831. The van der Waals surface area contributed by atoms with E-state index in [1.807, 2.05) is 23.8 Å². The first-order valence-corrected chi connectivity index (χ1v) is 7.76. The zero-order valence-corrected chi connectivity index (χ0v) is 13.5.